The van der Waals surface area contributed by atoms with E-state index in [1.807, 2.05) is 72.8 Å². The van der Waals surface area contributed by atoms with Crippen LogP contribution in [0.3, 0.4) is 0 Å². The number of para-hydroxylation sites is 3. The second kappa shape index (κ2) is 6.71. The maximum Gasteiger partial charge on any atom is 0.265 e. The van der Waals surface area contributed by atoms with Crippen molar-refractivity contribution in [2.75, 3.05) is 11.9 Å². The molecule has 0 saturated heterocycles. The minimum atomic E-state index is -0.362. The highest BCUT2D eigenvalue weighted by atomic mass is 16.2. The number of aromatic nitrogens is 2. The first kappa shape index (κ1) is 17.4. The average Bonchev–Trinajstić information content (AvgIpc) is 3.00. The highest BCUT2D eigenvalue weighted by molar-refractivity contribution is 6.04. The molecule has 4 aromatic rings. The summed E-state index contributed by atoms with van der Waals surface area (Å²) in [6.45, 7) is 0. The number of nitrogens with zero attached hydrogens (tertiary/aromatic N) is 3. The largest absolute Gasteiger partial charge is 0.315 e. The summed E-state index contributed by atoms with van der Waals surface area (Å²) in [5.41, 5.74) is 3.16. The fraction of sp³-hybridized carbons (Fsp3) is 0.125. The summed E-state index contributed by atoms with van der Waals surface area (Å²) < 4.78 is 1.64. The van der Waals surface area contributed by atoms with Crippen LogP contribution in [0.25, 0.3) is 16.6 Å². The highest BCUT2D eigenvalue weighted by Gasteiger charge is 2.36. The molecule has 3 aromatic carbocycles. The molecule has 5 rings (SSSR count). The van der Waals surface area contributed by atoms with Gasteiger partial charge < -0.3 is 4.90 Å². The Morgan fingerprint density at radius 1 is 0.862 bits per heavy atom. The molecule has 1 aromatic heterocycles. The van der Waals surface area contributed by atoms with Crippen LogP contribution in [-0.4, -0.2) is 22.5 Å². The summed E-state index contributed by atoms with van der Waals surface area (Å²) >= 11 is 0. The van der Waals surface area contributed by atoms with E-state index < -0.39 is 0 Å². The van der Waals surface area contributed by atoms with Gasteiger partial charge in [-0.3, -0.25) is 14.2 Å². The van der Waals surface area contributed by atoms with Gasteiger partial charge in [-0.25, -0.2) is 4.98 Å². The van der Waals surface area contributed by atoms with Gasteiger partial charge in [0.1, 0.15) is 5.82 Å². The number of rotatable bonds is 3. The number of anilines is 1. The average molecular weight is 381 g/mol. The van der Waals surface area contributed by atoms with E-state index in [1.54, 1.807) is 22.6 Å². The summed E-state index contributed by atoms with van der Waals surface area (Å²) in [5.74, 6) is 0.246. The van der Waals surface area contributed by atoms with Gasteiger partial charge in [-0.15, -0.1) is 0 Å². The van der Waals surface area contributed by atoms with E-state index in [4.69, 9.17) is 4.98 Å². The van der Waals surface area contributed by atoms with Gasteiger partial charge >= 0.3 is 0 Å². The maximum absolute atomic E-state index is 13.3. The molecular formula is C24H19N3O2. The van der Waals surface area contributed by atoms with Crippen molar-refractivity contribution in [3.63, 3.8) is 0 Å². The molecule has 5 nitrogen and oxygen atoms in total. The number of hydrogen-bond donors (Lipinski definition) is 0. The molecule has 29 heavy (non-hydrogen) atoms. The normalized spacial score (nSPS) is 15.7. The van der Waals surface area contributed by atoms with Crippen LogP contribution in [0, 0.1) is 0 Å². The van der Waals surface area contributed by atoms with Crippen LogP contribution >= 0.6 is 0 Å². The van der Waals surface area contributed by atoms with Crippen molar-refractivity contribution in [1.82, 2.24) is 9.55 Å². The summed E-state index contributed by atoms with van der Waals surface area (Å²) in [6, 6.07) is 24.6. The molecule has 0 fully saturated rings. The number of benzene rings is 3. The molecule has 0 unspecified atom stereocenters. The lowest BCUT2D eigenvalue weighted by molar-refractivity contribution is -0.119. The molecule has 1 aliphatic rings. The Balaban J connectivity index is 1.71. The number of fused-ring (bicyclic) bond motifs is 2. The predicted octanol–water partition coefficient (Wildman–Crippen LogP) is 3.69. The first-order valence-electron chi connectivity index (χ1n) is 9.58. The van der Waals surface area contributed by atoms with E-state index in [2.05, 4.69) is 0 Å². The van der Waals surface area contributed by atoms with Crippen LogP contribution in [0.5, 0.6) is 0 Å². The van der Waals surface area contributed by atoms with Gasteiger partial charge in [-0.05, 0) is 35.9 Å². The Kier molecular flexibility index (Phi) is 4.02. The molecule has 1 aliphatic heterocycles. The quantitative estimate of drug-likeness (QED) is 0.544. The molecule has 5 heteroatoms. The number of carbonyl (C=O) groups is 1. The van der Waals surface area contributed by atoms with Crippen molar-refractivity contribution in [1.29, 1.82) is 0 Å². The van der Waals surface area contributed by atoms with Gasteiger partial charge in [0.2, 0.25) is 5.91 Å². The van der Waals surface area contributed by atoms with Crippen molar-refractivity contribution in [2.45, 2.75) is 12.3 Å². The Hall–Kier alpha value is -3.73. The Bertz CT molecular complexity index is 1290. The number of amides is 1. The van der Waals surface area contributed by atoms with Crippen LogP contribution in [0.1, 0.15) is 17.3 Å². The fourth-order valence-electron chi connectivity index (χ4n) is 4.11. The molecule has 1 atom stereocenters. The molecular weight excluding hydrogens is 362 g/mol. The standard InChI is InChI=1S/C24H19N3O2/c1-26-21-14-8-6-11-17(21)19(23(26)28)15-22-25-20-13-7-5-12-18(20)24(29)27(22)16-9-3-2-4-10-16/h2-14,19H,15H2,1H3/t19-/m0/s1. The fourth-order valence-corrected chi connectivity index (χ4v) is 4.11. The molecule has 0 radical (unpaired) electrons. The minimum absolute atomic E-state index is 0.0215. The molecule has 0 aliphatic carbocycles. The van der Waals surface area contributed by atoms with E-state index in [1.165, 1.54) is 0 Å². The van der Waals surface area contributed by atoms with E-state index in [9.17, 15) is 9.59 Å². The third-order valence-corrected chi connectivity index (χ3v) is 5.55. The van der Waals surface area contributed by atoms with Crippen molar-refractivity contribution >= 4 is 22.5 Å². The second-order valence-corrected chi connectivity index (χ2v) is 7.23. The molecule has 0 spiro atoms. The van der Waals surface area contributed by atoms with Gasteiger partial charge in [-0.2, -0.15) is 0 Å². The van der Waals surface area contributed by atoms with Gasteiger partial charge in [0.15, 0.2) is 0 Å². The molecule has 0 N–H and O–H groups in total. The summed E-state index contributed by atoms with van der Waals surface area (Å²) in [4.78, 5) is 32.8. The number of likely N-dealkylation sites (N-methyl/N-ethyl adjacent to an activating group) is 1. The highest BCUT2D eigenvalue weighted by Crippen LogP contribution is 2.38. The second-order valence-electron chi connectivity index (χ2n) is 7.23. The first-order valence-corrected chi connectivity index (χ1v) is 9.58. The lowest BCUT2D eigenvalue weighted by atomic mass is 9.96. The smallest absolute Gasteiger partial charge is 0.265 e. The minimum Gasteiger partial charge on any atom is -0.315 e. The SMILES string of the molecule is CN1C(=O)[C@@H](Cc2nc3ccccc3c(=O)n2-c2ccccc2)c2ccccc21. The van der Waals surface area contributed by atoms with Crippen LogP contribution in [-0.2, 0) is 11.2 Å². The summed E-state index contributed by atoms with van der Waals surface area (Å²) in [5, 5.41) is 0.565. The Morgan fingerprint density at radius 2 is 1.55 bits per heavy atom. The zero-order chi connectivity index (χ0) is 20.0. The lowest BCUT2D eigenvalue weighted by Crippen LogP contribution is -2.28. The van der Waals surface area contributed by atoms with Gasteiger partial charge in [0, 0.05) is 19.2 Å². The molecule has 2 heterocycles. The molecule has 142 valence electrons. The molecule has 0 saturated carbocycles. The summed E-state index contributed by atoms with van der Waals surface area (Å²) in [6.07, 6.45) is 0.356. The molecule has 1 amide bonds. The lowest BCUT2D eigenvalue weighted by Gasteiger charge is -2.16. The van der Waals surface area contributed by atoms with Gasteiger partial charge in [0.05, 0.1) is 22.5 Å². The maximum atomic E-state index is 13.3. The topological polar surface area (TPSA) is 55.2 Å². The van der Waals surface area contributed by atoms with Gasteiger partial charge in [0.25, 0.3) is 5.56 Å². The monoisotopic (exact) mass is 381 g/mol. The first-order chi connectivity index (χ1) is 14.1. The van der Waals surface area contributed by atoms with E-state index in [-0.39, 0.29) is 17.4 Å². The zero-order valence-electron chi connectivity index (χ0n) is 15.9. The van der Waals surface area contributed by atoms with Crippen molar-refractivity contribution in [2.24, 2.45) is 0 Å². The van der Waals surface area contributed by atoms with Crippen LogP contribution in [0.15, 0.2) is 83.7 Å². The van der Waals surface area contributed by atoms with E-state index in [0.29, 0.717) is 23.1 Å². The zero-order valence-corrected chi connectivity index (χ0v) is 15.9. The summed E-state index contributed by atoms with van der Waals surface area (Å²) in [7, 11) is 1.79. The van der Waals surface area contributed by atoms with Crippen molar-refractivity contribution in [3.05, 3.63) is 101 Å². The van der Waals surface area contributed by atoms with E-state index >= 15 is 0 Å². The third-order valence-electron chi connectivity index (χ3n) is 5.55. The number of hydrogen-bond acceptors (Lipinski definition) is 3. The Morgan fingerprint density at radius 3 is 2.38 bits per heavy atom. The van der Waals surface area contributed by atoms with Gasteiger partial charge in [-0.1, -0.05) is 48.5 Å². The third kappa shape index (κ3) is 2.74. The van der Waals surface area contributed by atoms with Crippen LogP contribution < -0.4 is 10.5 Å². The van der Waals surface area contributed by atoms with Crippen molar-refractivity contribution < 1.29 is 4.79 Å². The van der Waals surface area contributed by atoms with Crippen LogP contribution in [0.2, 0.25) is 0 Å². The number of carbonyl (C=O) groups excluding carboxylic acids is 1. The Labute approximate surface area is 167 Å². The van der Waals surface area contributed by atoms with Crippen molar-refractivity contribution in [3.8, 4) is 5.69 Å². The molecule has 0 bridgehead atoms. The van der Waals surface area contributed by atoms with E-state index in [0.717, 1.165) is 16.9 Å². The van der Waals surface area contributed by atoms with Crippen LogP contribution in [0.4, 0.5) is 5.69 Å². The predicted molar refractivity (Wildman–Crippen MR) is 114 cm³/mol.